The van der Waals surface area contributed by atoms with Gasteiger partial charge < -0.3 is 14.8 Å². The molecule has 5 nitrogen and oxygen atoms in total. The zero-order chi connectivity index (χ0) is 19.8. The van der Waals surface area contributed by atoms with Crippen LogP contribution < -0.4 is 10.1 Å². The Bertz CT molecular complexity index is 753. The Labute approximate surface area is 167 Å². The summed E-state index contributed by atoms with van der Waals surface area (Å²) in [7, 11) is 0. The summed E-state index contributed by atoms with van der Waals surface area (Å²) in [5.74, 6) is 1.08. The summed E-state index contributed by atoms with van der Waals surface area (Å²) in [6, 6.07) is 16.3. The topological polar surface area (TPSA) is 50.8 Å². The first-order valence-corrected chi connectivity index (χ1v) is 9.97. The third-order valence-corrected chi connectivity index (χ3v) is 4.91. The van der Waals surface area contributed by atoms with Crippen molar-refractivity contribution in [2.24, 2.45) is 0 Å². The number of rotatable bonds is 8. The van der Waals surface area contributed by atoms with E-state index in [2.05, 4.69) is 36.2 Å². The van der Waals surface area contributed by atoms with Crippen molar-refractivity contribution < 1.29 is 14.3 Å². The van der Waals surface area contributed by atoms with Crippen molar-refractivity contribution in [3.8, 4) is 5.75 Å². The molecule has 1 amide bonds. The van der Waals surface area contributed by atoms with Crippen LogP contribution in [0.5, 0.6) is 5.75 Å². The summed E-state index contributed by atoms with van der Waals surface area (Å²) >= 11 is 0. The summed E-state index contributed by atoms with van der Waals surface area (Å²) in [6.45, 7) is 9.29. The van der Waals surface area contributed by atoms with Crippen LogP contribution in [0, 0.1) is 0 Å². The Morgan fingerprint density at radius 3 is 2.54 bits per heavy atom. The van der Waals surface area contributed by atoms with Crippen molar-refractivity contribution in [1.82, 2.24) is 10.2 Å². The fourth-order valence-corrected chi connectivity index (χ4v) is 3.20. The average Bonchev–Trinajstić information content (AvgIpc) is 2.72. The monoisotopic (exact) mass is 382 g/mol. The minimum absolute atomic E-state index is 0.0223. The lowest BCUT2D eigenvalue weighted by atomic mass is 10.0. The van der Waals surface area contributed by atoms with Crippen LogP contribution in [-0.4, -0.2) is 43.7 Å². The molecule has 0 bridgehead atoms. The molecule has 1 aliphatic heterocycles. The van der Waals surface area contributed by atoms with Crippen LogP contribution in [0.3, 0.4) is 0 Å². The van der Waals surface area contributed by atoms with Gasteiger partial charge in [0.15, 0.2) is 6.61 Å². The zero-order valence-electron chi connectivity index (χ0n) is 16.8. The number of hydrogen-bond acceptors (Lipinski definition) is 4. The van der Waals surface area contributed by atoms with Gasteiger partial charge in [-0.2, -0.15) is 0 Å². The molecule has 1 fully saturated rings. The van der Waals surface area contributed by atoms with Gasteiger partial charge in [0, 0.05) is 26.2 Å². The van der Waals surface area contributed by atoms with Crippen molar-refractivity contribution in [1.29, 1.82) is 0 Å². The number of morpholine rings is 1. The minimum Gasteiger partial charge on any atom is -0.484 e. The molecule has 150 valence electrons. The summed E-state index contributed by atoms with van der Waals surface area (Å²) in [5, 5.41) is 2.93. The maximum absolute atomic E-state index is 12.1. The molecule has 5 heteroatoms. The van der Waals surface area contributed by atoms with E-state index < -0.39 is 0 Å². The number of amides is 1. The smallest absolute Gasteiger partial charge is 0.258 e. The quantitative estimate of drug-likeness (QED) is 0.761. The molecule has 0 unspecified atom stereocenters. The molecular formula is C23H30N2O3. The Morgan fingerprint density at radius 2 is 1.82 bits per heavy atom. The summed E-state index contributed by atoms with van der Waals surface area (Å²) in [4.78, 5) is 14.5. The summed E-state index contributed by atoms with van der Waals surface area (Å²) < 4.78 is 11.0. The number of nitrogens with zero attached hydrogens (tertiary/aromatic N) is 1. The molecule has 0 saturated carbocycles. The second-order valence-electron chi connectivity index (χ2n) is 7.50. The normalized spacial score (nSPS) is 14.8. The van der Waals surface area contributed by atoms with Gasteiger partial charge in [0.25, 0.3) is 5.91 Å². The first-order valence-electron chi connectivity index (χ1n) is 9.97. The van der Waals surface area contributed by atoms with Crippen molar-refractivity contribution in [3.63, 3.8) is 0 Å². The summed E-state index contributed by atoms with van der Waals surface area (Å²) in [5.41, 5.74) is 3.62. The van der Waals surface area contributed by atoms with Gasteiger partial charge in [-0.15, -0.1) is 0 Å². The van der Waals surface area contributed by atoms with Gasteiger partial charge in [-0.3, -0.25) is 9.69 Å². The maximum atomic E-state index is 12.1. The van der Waals surface area contributed by atoms with Crippen LogP contribution in [-0.2, 0) is 22.6 Å². The first kappa shape index (κ1) is 20.4. The second kappa shape index (κ2) is 10.2. The lowest BCUT2D eigenvalue weighted by Gasteiger charge is -2.26. The Balaban J connectivity index is 1.43. The van der Waals surface area contributed by atoms with Crippen LogP contribution in [0.25, 0.3) is 0 Å². The summed E-state index contributed by atoms with van der Waals surface area (Å²) in [6.07, 6.45) is 0. The average molecular weight is 383 g/mol. The molecular weight excluding hydrogens is 352 g/mol. The van der Waals surface area contributed by atoms with Gasteiger partial charge in [0.2, 0.25) is 0 Å². The molecule has 1 aliphatic rings. The van der Waals surface area contributed by atoms with Crippen LogP contribution in [0.15, 0.2) is 48.5 Å². The standard InChI is InChI=1S/C23H30N2O3/c1-18(2)21-6-8-22(9-7-21)28-17-23(26)24-15-19-4-3-5-20(14-19)16-25-10-12-27-13-11-25/h3-9,14,18H,10-13,15-17H2,1-2H3,(H,24,26). The molecule has 2 aromatic rings. The van der Waals surface area contributed by atoms with Crippen LogP contribution in [0.2, 0.25) is 0 Å². The van der Waals surface area contributed by atoms with E-state index in [0.29, 0.717) is 18.2 Å². The lowest BCUT2D eigenvalue weighted by Crippen LogP contribution is -2.35. The highest BCUT2D eigenvalue weighted by molar-refractivity contribution is 5.77. The van der Waals surface area contributed by atoms with E-state index in [0.717, 1.165) is 38.4 Å². The van der Waals surface area contributed by atoms with Crippen molar-refractivity contribution in [3.05, 3.63) is 65.2 Å². The molecule has 3 rings (SSSR count). The maximum Gasteiger partial charge on any atom is 0.258 e. The zero-order valence-corrected chi connectivity index (χ0v) is 16.8. The number of nitrogens with one attached hydrogen (secondary N) is 1. The van der Waals surface area contributed by atoms with E-state index in [1.54, 1.807) is 0 Å². The SMILES string of the molecule is CC(C)c1ccc(OCC(=O)NCc2cccc(CN3CCOCC3)c2)cc1. The number of carbonyl (C=O) groups excluding carboxylic acids is 1. The van der Waals surface area contributed by atoms with Crippen LogP contribution in [0.4, 0.5) is 0 Å². The van der Waals surface area contributed by atoms with Gasteiger partial charge >= 0.3 is 0 Å². The van der Waals surface area contributed by atoms with Gasteiger partial charge in [0.1, 0.15) is 5.75 Å². The molecule has 2 aromatic carbocycles. The van der Waals surface area contributed by atoms with E-state index >= 15 is 0 Å². The van der Waals surface area contributed by atoms with Gasteiger partial charge in [-0.1, -0.05) is 50.2 Å². The van der Waals surface area contributed by atoms with Crippen molar-refractivity contribution in [2.75, 3.05) is 32.9 Å². The second-order valence-corrected chi connectivity index (χ2v) is 7.50. The third-order valence-electron chi connectivity index (χ3n) is 4.91. The largest absolute Gasteiger partial charge is 0.484 e. The molecule has 0 radical (unpaired) electrons. The first-order chi connectivity index (χ1) is 13.6. The Kier molecular flexibility index (Phi) is 7.46. The lowest BCUT2D eigenvalue weighted by molar-refractivity contribution is -0.123. The highest BCUT2D eigenvalue weighted by atomic mass is 16.5. The fourth-order valence-electron chi connectivity index (χ4n) is 3.20. The Morgan fingerprint density at radius 1 is 1.11 bits per heavy atom. The fraction of sp³-hybridized carbons (Fsp3) is 0.435. The van der Waals surface area contributed by atoms with Gasteiger partial charge in [-0.05, 0) is 34.7 Å². The van der Waals surface area contributed by atoms with Crippen molar-refractivity contribution >= 4 is 5.91 Å². The minimum atomic E-state index is -0.119. The highest BCUT2D eigenvalue weighted by Crippen LogP contribution is 2.18. The van der Waals surface area contributed by atoms with E-state index in [1.165, 1.54) is 11.1 Å². The number of carbonyl (C=O) groups is 1. The molecule has 0 atom stereocenters. The third kappa shape index (κ3) is 6.36. The predicted octanol–water partition coefficient (Wildman–Crippen LogP) is 3.34. The van der Waals surface area contributed by atoms with E-state index in [-0.39, 0.29) is 12.5 Å². The van der Waals surface area contributed by atoms with Gasteiger partial charge in [-0.25, -0.2) is 0 Å². The van der Waals surface area contributed by atoms with E-state index in [4.69, 9.17) is 9.47 Å². The van der Waals surface area contributed by atoms with Gasteiger partial charge in [0.05, 0.1) is 13.2 Å². The van der Waals surface area contributed by atoms with Crippen LogP contribution in [0.1, 0.15) is 36.5 Å². The number of ether oxygens (including phenoxy) is 2. The molecule has 1 saturated heterocycles. The predicted molar refractivity (Wildman–Crippen MR) is 110 cm³/mol. The molecule has 0 aromatic heterocycles. The molecule has 0 aliphatic carbocycles. The molecule has 1 heterocycles. The molecule has 0 spiro atoms. The van der Waals surface area contributed by atoms with Crippen molar-refractivity contribution in [2.45, 2.75) is 32.9 Å². The number of hydrogen-bond donors (Lipinski definition) is 1. The number of benzene rings is 2. The van der Waals surface area contributed by atoms with Crippen LogP contribution >= 0.6 is 0 Å². The Hall–Kier alpha value is -2.37. The molecule has 1 N–H and O–H groups in total. The highest BCUT2D eigenvalue weighted by Gasteiger charge is 2.11. The van der Waals surface area contributed by atoms with E-state index in [1.807, 2.05) is 36.4 Å². The van der Waals surface area contributed by atoms with E-state index in [9.17, 15) is 4.79 Å². The molecule has 28 heavy (non-hydrogen) atoms.